The Bertz CT molecular complexity index is 702. The van der Waals surface area contributed by atoms with Crippen molar-refractivity contribution in [1.82, 2.24) is 0 Å². The molecule has 23 heavy (non-hydrogen) atoms. The zero-order valence-corrected chi connectivity index (χ0v) is 13.8. The molecule has 0 fully saturated rings. The Morgan fingerprint density at radius 3 is 2.35 bits per heavy atom. The number of hydrogen-bond acceptors (Lipinski definition) is 4. The van der Waals surface area contributed by atoms with E-state index in [1.54, 1.807) is 6.92 Å². The first kappa shape index (κ1) is 19.7. The molecule has 0 aliphatic heterocycles. The Morgan fingerprint density at radius 1 is 1.35 bits per heavy atom. The maximum atomic E-state index is 12.6. The lowest BCUT2D eigenvalue weighted by Gasteiger charge is -2.25. The van der Waals surface area contributed by atoms with E-state index < -0.39 is 27.5 Å². The normalized spacial score (nSPS) is 15.1. The molecule has 130 valence electrons. The number of aliphatic hydroxyl groups is 1. The molecule has 1 atom stereocenters. The van der Waals surface area contributed by atoms with Crippen molar-refractivity contribution < 1.29 is 31.5 Å². The monoisotopic (exact) mass is 373 g/mol. The Labute approximate surface area is 136 Å². The van der Waals surface area contributed by atoms with Gasteiger partial charge in [0.05, 0.1) is 21.4 Å². The van der Waals surface area contributed by atoms with Crippen LogP contribution in [0, 0.1) is 0 Å². The summed E-state index contributed by atoms with van der Waals surface area (Å²) < 4.78 is 61.5. The van der Waals surface area contributed by atoms with Gasteiger partial charge in [0, 0.05) is 0 Å². The fourth-order valence-corrected chi connectivity index (χ4v) is 3.19. The lowest BCUT2D eigenvalue weighted by molar-refractivity contribution is -0.242. The summed E-state index contributed by atoms with van der Waals surface area (Å²) in [6, 6.07) is 3.22. The van der Waals surface area contributed by atoms with Gasteiger partial charge in [-0.15, -0.1) is 0 Å². The predicted molar refractivity (Wildman–Crippen MR) is 79.1 cm³/mol. The maximum absolute atomic E-state index is 12.6. The average Bonchev–Trinajstić information content (AvgIpc) is 2.39. The summed E-state index contributed by atoms with van der Waals surface area (Å²) in [6.07, 6.45) is -4.79. The molecule has 2 N–H and O–H groups in total. The lowest BCUT2D eigenvalue weighted by atomic mass is 10.1. The second kappa shape index (κ2) is 6.66. The molecule has 0 saturated carbocycles. The number of anilines is 1. The van der Waals surface area contributed by atoms with Gasteiger partial charge < -0.3 is 10.4 Å². The minimum atomic E-state index is -5.17. The van der Waals surface area contributed by atoms with Crippen LogP contribution in [-0.2, 0) is 14.6 Å². The second-order valence-electron chi connectivity index (χ2n) is 4.98. The molecule has 0 heterocycles. The summed E-state index contributed by atoms with van der Waals surface area (Å²) in [5.74, 6) is -1.84. The second-order valence-corrected chi connectivity index (χ2v) is 7.50. The van der Waals surface area contributed by atoms with E-state index in [1.807, 2.05) is 5.32 Å². The largest absolute Gasteiger partial charge is 0.426 e. The fourth-order valence-electron chi connectivity index (χ4n) is 1.55. The summed E-state index contributed by atoms with van der Waals surface area (Å²) in [5, 5.41) is 10.8. The molecule has 1 amide bonds. The fraction of sp³-hybridized carbons (Fsp3) is 0.462. The van der Waals surface area contributed by atoms with Crippen LogP contribution in [0.1, 0.15) is 20.3 Å². The van der Waals surface area contributed by atoms with Crippen molar-refractivity contribution in [3.05, 3.63) is 23.2 Å². The Morgan fingerprint density at radius 2 is 1.91 bits per heavy atom. The molecule has 0 bridgehead atoms. The highest BCUT2D eigenvalue weighted by molar-refractivity contribution is 7.91. The summed E-state index contributed by atoms with van der Waals surface area (Å²) in [7, 11) is -3.56. The van der Waals surface area contributed by atoms with Gasteiger partial charge in [-0.3, -0.25) is 4.79 Å². The van der Waals surface area contributed by atoms with Crippen LogP contribution in [0.5, 0.6) is 0 Å². The predicted octanol–water partition coefficient (Wildman–Crippen LogP) is 2.78. The van der Waals surface area contributed by atoms with Gasteiger partial charge in [0.1, 0.15) is 0 Å². The molecule has 0 saturated heterocycles. The molecule has 1 aromatic rings. The first-order valence-corrected chi connectivity index (χ1v) is 8.49. The van der Waals surface area contributed by atoms with Crippen LogP contribution in [0.3, 0.4) is 0 Å². The van der Waals surface area contributed by atoms with Gasteiger partial charge in [-0.25, -0.2) is 8.42 Å². The number of alkyl halides is 3. The third-order valence-electron chi connectivity index (χ3n) is 3.01. The van der Waals surface area contributed by atoms with E-state index in [2.05, 4.69) is 0 Å². The minimum Gasteiger partial charge on any atom is -0.373 e. The first-order chi connectivity index (χ1) is 10.3. The number of benzene rings is 1. The molecule has 0 radical (unpaired) electrons. The third kappa shape index (κ3) is 4.36. The van der Waals surface area contributed by atoms with E-state index in [9.17, 15) is 31.5 Å². The van der Waals surface area contributed by atoms with Crippen LogP contribution in [-0.4, -0.2) is 37.0 Å². The summed E-state index contributed by atoms with van der Waals surface area (Å²) >= 11 is 5.80. The van der Waals surface area contributed by atoms with Crippen molar-refractivity contribution in [3.63, 3.8) is 0 Å². The van der Waals surface area contributed by atoms with Crippen molar-refractivity contribution in [1.29, 1.82) is 0 Å². The van der Waals surface area contributed by atoms with Crippen molar-refractivity contribution in [2.45, 2.75) is 36.9 Å². The molecular weight excluding hydrogens is 359 g/mol. The van der Waals surface area contributed by atoms with E-state index >= 15 is 0 Å². The van der Waals surface area contributed by atoms with Gasteiger partial charge in [0.25, 0.3) is 5.91 Å². The molecular formula is C13H15ClF3NO4S. The molecule has 1 rings (SSSR count). The topological polar surface area (TPSA) is 83.5 Å². The number of carbonyl (C=O) groups is 1. The molecule has 0 unspecified atom stereocenters. The van der Waals surface area contributed by atoms with Crippen LogP contribution in [0.2, 0.25) is 5.02 Å². The van der Waals surface area contributed by atoms with Gasteiger partial charge in [-0.2, -0.15) is 13.2 Å². The molecule has 0 aliphatic rings. The zero-order chi connectivity index (χ0) is 18.1. The molecule has 0 aromatic heterocycles. The molecule has 0 spiro atoms. The van der Waals surface area contributed by atoms with E-state index in [0.717, 1.165) is 18.2 Å². The average molecular weight is 374 g/mol. The number of rotatable bonds is 5. The van der Waals surface area contributed by atoms with Gasteiger partial charge in [-0.05, 0) is 31.5 Å². The number of amides is 1. The molecule has 1 aromatic carbocycles. The van der Waals surface area contributed by atoms with E-state index in [1.165, 1.54) is 0 Å². The van der Waals surface area contributed by atoms with E-state index in [0.29, 0.717) is 13.3 Å². The van der Waals surface area contributed by atoms with Crippen LogP contribution >= 0.6 is 11.6 Å². The molecule has 5 nitrogen and oxygen atoms in total. The van der Waals surface area contributed by atoms with Gasteiger partial charge >= 0.3 is 6.18 Å². The zero-order valence-electron chi connectivity index (χ0n) is 12.2. The standard InChI is InChI=1S/C13H15ClF3NO4S/c1-3-6-23(21,22)8-4-5-10(9(14)7-8)18-11(19)12(2,20)13(15,16)17/h4-5,7,20H,3,6H2,1-2H3,(H,18,19)/t12-/m1/s1. The highest BCUT2D eigenvalue weighted by Gasteiger charge is 2.55. The van der Waals surface area contributed by atoms with Crippen LogP contribution in [0.25, 0.3) is 0 Å². The van der Waals surface area contributed by atoms with Crippen LogP contribution < -0.4 is 5.32 Å². The maximum Gasteiger partial charge on any atom is 0.426 e. The summed E-state index contributed by atoms with van der Waals surface area (Å²) in [6.45, 7) is 1.98. The highest BCUT2D eigenvalue weighted by atomic mass is 35.5. The van der Waals surface area contributed by atoms with Gasteiger partial charge in [0.2, 0.25) is 5.60 Å². The van der Waals surface area contributed by atoms with Gasteiger partial charge in [0.15, 0.2) is 9.84 Å². The Balaban J connectivity index is 3.08. The smallest absolute Gasteiger partial charge is 0.373 e. The number of nitrogens with one attached hydrogen (secondary N) is 1. The molecule has 10 heteroatoms. The van der Waals surface area contributed by atoms with Crippen molar-refractivity contribution in [2.75, 3.05) is 11.1 Å². The summed E-state index contributed by atoms with van der Waals surface area (Å²) in [5.41, 5.74) is -3.85. The number of hydrogen-bond donors (Lipinski definition) is 2. The number of carbonyl (C=O) groups excluding carboxylic acids is 1. The van der Waals surface area contributed by atoms with E-state index in [4.69, 9.17) is 11.6 Å². The quantitative estimate of drug-likeness (QED) is 0.831. The van der Waals surface area contributed by atoms with E-state index in [-0.39, 0.29) is 21.4 Å². The number of halogens is 4. The van der Waals surface area contributed by atoms with Crippen molar-refractivity contribution in [2.24, 2.45) is 0 Å². The number of sulfone groups is 1. The third-order valence-corrected chi connectivity index (χ3v) is 5.25. The van der Waals surface area contributed by atoms with Crippen molar-refractivity contribution >= 4 is 33.0 Å². The SMILES string of the molecule is CCCS(=O)(=O)c1ccc(NC(=O)[C@@](C)(O)C(F)(F)F)c(Cl)c1. The Hall–Kier alpha value is -1.32. The minimum absolute atomic E-state index is 0.107. The van der Waals surface area contributed by atoms with Gasteiger partial charge in [-0.1, -0.05) is 18.5 Å². The highest BCUT2D eigenvalue weighted by Crippen LogP contribution is 2.32. The lowest BCUT2D eigenvalue weighted by Crippen LogP contribution is -2.52. The first-order valence-electron chi connectivity index (χ1n) is 6.45. The molecule has 0 aliphatic carbocycles. The summed E-state index contributed by atoms with van der Waals surface area (Å²) in [4.78, 5) is 11.5. The Kier molecular flexibility index (Phi) is 5.71. The van der Waals surface area contributed by atoms with Crippen LogP contribution in [0.4, 0.5) is 18.9 Å². The van der Waals surface area contributed by atoms with Crippen LogP contribution in [0.15, 0.2) is 23.1 Å². The van der Waals surface area contributed by atoms with Crippen molar-refractivity contribution in [3.8, 4) is 0 Å².